The quantitative estimate of drug-likeness (QED) is 0.825. The van der Waals surface area contributed by atoms with Gasteiger partial charge in [0.1, 0.15) is 10.7 Å². The molecule has 1 aliphatic rings. The van der Waals surface area contributed by atoms with Crippen LogP contribution in [0.5, 0.6) is 0 Å². The molecule has 20 heavy (non-hydrogen) atoms. The fourth-order valence-electron chi connectivity index (χ4n) is 2.23. The molecule has 1 aliphatic heterocycles. The lowest BCUT2D eigenvalue weighted by Gasteiger charge is -2.27. The molecule has 6 nitrogen and oxygen atoms in total. The summed E-state index contributed by atoms with van der Waals surface area (Å²) in [4.78, 5) is 4.30. The number of rotatable bonds is 2. The molecule has 106 valence electrons. The van der Waals surface area contributed by atoms with Crippen LogP contribution >= 0.6 is 15.9 Å². The number of hydrogen-bond acceptors (Lipinski definition) is 4. The van der Waals surface area contributed by atoms with Gasteiger partial charge in [-0.3, -0.25) is 0 Å². The Morgan fingerprint density at radius 2 is 2.10 bits per heavy atom. The molecule has 0 spiro atoms. The summed E-state index contributed by atoms with van der Waals surface area (Å²) < 4.78 is 29.4. The molecule has 1 aromatic carbocycles. The van der Waals surface area contributed by atoms with Gasteiger partial charge in [0.15, 0.2) is 0 Å². The van der Waals surface area contributed by atoms with Gasteiger partial charge in [-0.2, -0.15) is 4.31 Å². The molecule has 0 unspecified atom stereocenters. The number of nitrogens with two attached hydrogens (primary N) is 1. The Hall–Kier alpha value is -1.38. The number of aromatic nitrogens is 2. The van der Waals surface area contributed by atoms with Crippen LogP contribution in [0, 0.1) is 0 Å². The van der Waals surface area contributed by atoms with Crippen LogP contribution in [0.3, 0.4) is 0 Å². The molecule has 3 rings (SSSR count). The van der Waals surface area contributed by atoms with Crippen molar-refractivity contribution >= 4 is 31.6 Å². The third kappa shape index (κ3) is 2.23. The standard InChI is InChI=1S/C12H13BrN4O2S/c13-9-1-2-10(14)11(7-9)20(18,19)17-6-5-16-4-3-15-12(16)8-17/h1-4,7H,5-6,8,14H2. The van der Waals surface area contributed by atoms with Gasteiger partial charge in [-0.25, -0.2) is 13.4 Å². The number of imidazole rings is 1. The van der Waals surface area contributed by atoms with Gasteiger partial charge in [-0.15, -0.1) is 0 Å². The van der Waals surface area contributed by atoms with Gasteiger partial charge in [0.25, 0.3) is 0 Å². The van der Waals surface area contributed by atoms with Gasteiger partial charge in [0.2, 0.25) is 10.0 Å². The van der Waals surface area contributed by atoms with Crippen molar-refractivity contribution in [1.82, 2.24) is 13.9 Å². The number of fused-ring (bicyclic) bond motifs is 1. The summed E-state index contributed by atoms with van der Waals surface area (Å²) in [5, 5.41) is 0. The van der Waals surface area contributed by atoms with E-state index < -0.39 is 10.0 Å². The molecule has 8 heteroatoms. The Morgan fingerprint density at radius 1 is 1.30 bits per heavy atom. The monoisotopic (exact) mass is 356 g/mol. The van der Waals surface area contributed by atoms with Crippen LogP contribution in [0.1, 0.15) is 5.82 Å². The molecule has 2 heterocycles. The molecule has 0 aliphatic carbocycles. The van der Waals surface area contributed by atoms with Crippen molar-refractivity contribution in [3.8, 4) is 0 Å². The summed E-state index contributed by atoms with van der Waals surface area (Å²) in [7, 11) is -3.61. The number of sulfonamides is 1. The molecule has 1 aromatic heterocycles. The van der Waals surface area contributed by atoms with Gasteiger partial charge in [0, 0.05) is 30.0 Å². The largest absolute Gasteiger partial charge is 0.398 e. The lowest BCUT2D eigenvalue weighted by Crippen LogP contribution is -2.38. The van der Waals surface area contributed by atoms with Gasteiger partial charge in [-0.1, -0.05) is 15.9 Å². The average molecular weight is 357 g/mol. The van der Waals surface area contributed by atoms with E-state index in [1.807, 2.05) is 10.8 Å². The fourth-order valence-corrected chi connectivity index (χ4v) is 4.27. The van der Waals surface area contributed by atoms with Crippen molar-refractivity contribution in [1.29, 1.82) is 0 Å². The first-order valence-electron chi connectivity index (χ1n) is 6.03. The molecular formula is C12H13BrN4O2S. The maximum Gasteiger partial charge on any atom is 0.245 e. The van der Waals surface area contributed by atoms with Crippen LogP contribution in [-0.4, -0.2) is 28.8 Å². The van der Waals surface area contributed by atoms with E-state index in [2.05, 4.69) is 20.9 Å². The molecule has 0 saturated heterocycles. The van der Waals surface area contributed by atoms with E-state index in [0.29, 0.717) is 17.6 Å². The summed E-state index contributed by atoms with van der Waals surface area (Å²) in [6, 6.07) is 4.84. The predicted octanol–water partition coefficient (Wildman–Crippen LogP) is 1.43. The van der Waals surface area contributed by atoms with Crippen LogP contribution in [0.15, 0.2) is 40.0 Å². The second-order valence-corrected chi connectivity index (χ2v) is 7.38. The van der Waals surface area contributed by atoms with Crippen molar-refractivity contribution < 1.29 is 8.42 Å². The van der Waals surface area contributed by atoms with Crippen LogP contribution < -0.4 is 5.73 Å². The van der Waals surface area contributed by atoms with E-state index >= 15 is 0 Å². The van der Waals surface area contributed by atoms with Gasteiger partial charge in [-0.05, 0) is 18.2 Å². The van der Waals surface area contributed by atoms with Crippen molar-refractivity contribution in [2.24, 2.45) is 0 Å². The van der Waals surface area contributed by atoms with Crippen LogP contribution in [-0.2, 0) is 23.1 Å². The van der Waals surface area contributed by atoms with Crippen LogP contribution in [0.4, 0.5) is 5.69 Å². The lowest BCUT2D eigenvalue weighted by atomic mass is 10.3. The number of benzene rings is 1. The molecule has 2 N–H and O–H groups in total. The lowest BCUT2D eigenvalue weighted by molar-refractivity contribution is 0.335. The summed E-state index contributed by atoms with van der Waals surface area (Å²) >= 11 is 3.28. The molecule has 0 fully saturated rings. The minimum absolute atomic E-state index is 0.131. The minimum Gasteiger partial charge on any atom is -0.398 e. The Bertz CT molecular complexity index is 757. The first-order chi connectivity index (χ1) is 9.48. The van der Waals surface area contributed by atoms with Crippen molar-refractivity contribution in [2.45, 2.75) is 18.0 Å². The second kappa shape index (κ2) is 4.87. The molecule has 0 amide bonds. The van der Waals surface area contributed by atoms with Gasteiger partial charge in [0.05, 0.1) is 12.2 Å². The number of nitrogen functional groups attached to an aromatic ring is 1. The van der Waals surface area contributed by atoms with Crippen molar-refractivity contribution in [3.05, 3.63) is 40.9 Å². The highest BCUT2D eigenvalue weighted by molar-refractivity contribution is 9.10. The zero-order chi connectivity index (χ0) is 14.3. The van der Waals surface area contributed by atoms with Crippen molar-refractivity contribution in [2.75, 3.05) is 12.3 Å². The molecular weight excluding hydrogens is 344 g/mol. The van der Waals surface area contributed by atoms with Crippen LogP contribution in [0.2, 0.25) is 0 Å². The highest BCUT2D eigenvalue weighted by Gasteiger charge is 2.30. The zero-order valence-electron chi connectivity index (χ0n) is 10.5. The molecule has 0 bridgehead atoms. The maximum atomic E-state index is 12.7. The summed E-state index contributed by atoms with van der Waals surface area (Å²) in [6.07, 6.45) is 3.53. The van der Waals surface area contributed by atoms with E-state index in [4.69, 9.17) is 5.73 Å². The summed E-state index contributed by atoms with van der Waals surface area (Å²) in [5.74, 6) is 0.744. The third-order valence-electron chi connectivity index (χ3n) is 3.30. The Kier molecular flexibility index (Phi) is 3.31. The van der Waals surface area contributed by atoms with E-state index in [9.17, 15) is 8.42 Å². The van der Waals surface area contributed by atoms with E-state index in [1.54, 1.807) is 18.3 Å². The molecule has 0 atom stereocenters. The van der Waals surface area contributed by atoms with E-state index in [-0.39, 0.29) is 17.1 Å². The summed E-state index contributed by atoms with van der Waals surface area (Å²) in [5.41, 5.74) is 6.06. The highest BCUT2D eigenvalue weighted by Crippen LogP contribution is 2.28. The molecule has 0 radical (unpaired) electrons. The van der Waals surface area contributed by atoms with E-state index in [0.717, 1.165) is 5.82 Å². The van der Waals surface area contributed by atoms with Crippen LogP contribution in [0.25, 0.3) is 0 Å². The predicted molar refractivity (Wildman–Crippen MR) is 78.4 cm³/mol. The number of nitrogens with zero attached hydrogens (tertiary/aromatic N) is 3. The SMILES string of the molecule is Nc1ccc(Br)cc1S(=O)(=O)N1CCn2ccnc2C1. The molecule has 0 saturated carbocycles. The normalized spacial score (nSPS) is 16.1. The smallest absolute Gasteiger partial charge is 0.245 e. The van der Waals surface area contributed by atoms with E-state index in [1.165, 1.54) is 10.4 Å². The Balaban J connectivity index is 1.99. The average Bonchev–Trinajstić information content (AvgIpc) is 2.88. The zero-order valence-corrected chi connectivity index (χ0v) is 12.9. The number of hydrogen-bond donors (Lipinski definition) is 1. The molecule has 2 aromatic rings. The Morgan fingerprint density at radius 3 is 2.90 bits per heavy atom. The topological polar surface area (TPSA) is 81.2 Å². The second-order valence-electron chi connectivity index (χ2n) is 4.56. The maximum absolute atomic E-state index is 12.7. The van der Waals surface area contributed by atoms with Crippen molar-refractivity contribution in [3.63, 3.8) is 0 Å². The first-order valence-corrected chi connectivity index (χ1v) is 8.27. The first kappa shape index (κ1) is 13.6. The third-order valence-corrected chi connectivity index (χ3v) is 5.70. The summed E-state index contributed by atoms with van der Waals surface area (Å²) in [6.45, 7) is 1.28. The number of anilines is 1. The Labute approximate surface area is 125 Å². The minimum atomic E-state index is -3.61. The fraction of sp³-hybridized carbons (Fsp3) is 0.250. The highest BCUT2D eigenvalue weighted by atomic mass is 79.9. The van der Waals surface area contributed by atoms with Gasteiger partial charge >= 0.3 is 0 Å². The van der Waals surface area contributed by atoms with Gasteiger partial charge < -0.3 is 10.3 Å². The number of halogens is 1.